The summed E-state index contributed by atoms with van der Waals surface area (Å²) in [5, 5.41) is 7.87. The van der Waals surface area contributed by atoms with E-state index in [0.717, 1.165) is 15.7 Å². The first-order valence-electron chi connectivity index (χ1n) is 5.85. The summed E-state index contributed by atoms with van der Waals surface area (Å²) in [7, 11) is 0. The molecule has 1 aromatic heterocycles. The van der Waals surface area contributed by atoms with Gasteiger partial charge >= 0.3 is 0 Å². The summed E-state index contributed by atoms with van der Waals surface area (Å²) in [6.07, 6.45) is -0.150. The summed E-state index contributed by atoms with van der Waals surface area (Å²) in [5.74, 6) is 1.04. The lowest BCUT2D eigenvalue weighted by Crippen LogP contribution is -2.33. The summed E-state index contributed by atoms with van der Waals surface area (Å²) in [5.41, 5.74) is 0.843. The number of nitrogens with zero attached hydrogens (tertiary/aromatic N) is 2. The molecule has 0 aliphatic carbocycles. The van der Waals surface area contributed by atoms with Crippen LogP contribution in [0.25, 0.3) is 11.5 Å². The van der Waals surface area contributed by atoms with Crippen LogP contribution in [-0.2, 0) is 4.74 Å². The fourth-order valence-electron chi connectivity index (χ4n) is 1.87. The van der Waals surface area contributed by atoms with E-state index in [4.69, 9.17) is 20.9 Å². The molecule has 0 radical (unpaired) electrons. The average Bonchev–Trinajstić information content (AvgIpc) is 2.92. The van der Waals surface area contributed by atoms with Gasteiger partial charge in [0.1, 0.15) is 6.10 Å². The second-order valence-electron chi connectivity index (χ2n) is 4.15. The van der Waals surface area contributed by atoms with E-state index in [0.29, 0.717) is 29.9 Å². The molecule has 1 atom stereocenters. The predicted molar refractivity (Wildman–Crippen MR) is 79.0 cm³/mol. The first-order chi connectivity index (χ1) is 9.24. The Morgan fingerprint density at radius 3 is 3.11 bits per heavy atom. The Morgan fingerprint density at radius 1 is 1.42 bits per heavy atom. The van der Waals surface area contributed by atoms with Crippen molar-refractivity contribution in [1.29, 1.82) is 0 Å². The van der Waals surface area contributed by atoms with E-state index in [1.807, 2.05) is 18.2 Å². The molecule has 1 fully saturated rings. The van der Waals surface area contributed by atoms with E-state index >= 15 is 0 Å². The Bertz CT molecular complexity index is 584. The van der Waals surface area contributed by atoms with Gasteiger partial charge in [0, 0.05) is 21.7 Å². The van der Waals surface area contributed by atoms with Crippen molar-refractivity contribution < 1.29 is 9.26 Å². The Balaban J connectivity index is 1.89. The summed E-state index contributed by atoms with van der Waals surface area (Å²) in [4.78, 5) is 4.40. The van der Waals surface area contributed by atoms with Gasteiger partial charge in [-0.05, 0) is 40.8 Å². The molecule has 0 spiro atoms. The van der Waals surface area contributed by atoms with Crippen LogP contribution in [0.2, 0.25) is 5.02 Å². The van der Waals surface area contributed by atoms with Gasteiger partial charge in [0.2, 0.25) is 5.82 Å². The number of hydrogen-bond acceptors (Lipinski definition) is 5. The number of morpholine rings is 1. The molecule has 7 heteroatoms. The maximum Gasteiger partial charge on any atom is 0.259 e. The lowest BCUT2D eigenvalue weighted by Gasteiger charge is -2.20. The van der Waals surface area contributed by atoms with Crippen molar-refractivity contribution in [3.05, 3.63) is 32.6 Å². The van der Waals surface area contributed by atoms with Gasteiger partial charge in [0.15, 0.2) is 0 Å². The maximum atomic E-state index is 5.99. The molecular weight excluding hydrogens is 381 g/mol. The van der Waals surface area contributed by atoms with E-state index in [2.05, 4.69) is 38.0 Å². The van der Waals surface area contributed by atoms with Crippen molar-refractivity contribution in [3.63, 3.8) is 0 Å². The van der Waals surface area contributed by atoms with Gasteiger partial charge in [-0.3, -0.25) is 0 Å². The molecule has 2 heterocycles. The van der Waals surface area contributed by atoms with E-state index in [1.54, 1.807) is 0 Å². The number of aromatic nitrogens is 2. The van der Waals surface area contributed by atoms with E-state index in [9.17, 15) is 0 Å². The minimum atomic E-state index is -0.150. The molecule has 1 saturated heterocycles. The molecule has 19 heavy (non-hydrogen) atoms. The molecule has 5 nitrogen and oxygen atoms in total. The Hall–Kier alpha value is -0.700. The minimum Gasteiger partial charge on any atom is -0.367 e. The van der Waals surface area contributed by atoms with Crippen LogP contribution in [0.1, 0.15) is 11.9 Å². The largest absolute Gasteiger partial charge is 0.367 e. The normalized spacial score (nSPS) is 19.6. The second-order valence-corrected chi connectivity index (χ2v) is 5.74. The van der Waals surface area contributed by atoms with Crippen molar-refractivity contribution in [2.75, 3.05) is 19.7 Å². The highest BCUT2D eigenvalue weighted by Gasteiger charge is 2.22. The monoisotopic (exact) mass is 391 g/mol. The lowest BCUT2D eigenvalue weighted by atomic mass is 10.2. The predicted octanol–water partition coefficient (Wildman–Crippen LogP) is 2.66. The van der Waals surface area contributed by atoms with Gasteiger partial charge in [-0.15, -0.1) is 0 Å². The van der Waals surface area contributed by atoms with Crippen LogP contribution in [0.5, 0.6) is 0 Å². The molecule has 0 amide bonds. The van der Waals surface area contributed by atoms with Gasteiger partial charge in [0.25, 0.3) is 5.89 Å². The van der Waals surface area contributed by atoms with Crippen molar-refractivity contribution in [2.45, 2.75) is 6.10 Å². The van der Waals surface area contributed by atoms with Crippen LogP contribution in [0, 0.1) is 3.57 Å². The molecule has 3 rings (SSSR count). The molecule has 1 N–H and O–H groups in total. The summed E-state index contributed by atoms with van der Waals surface area (Å²) < 4.78 is 11.9. The molecule has 2 aromatic rings. The molecule has 1 aliphatic heterocycles. The first-order valence-corrected chi connectivity index (χ1v) is 7.31. The third-order valence-electron chi connectivity index (χ3n) is 2.82. The number of benzene rings is 1. The Morgan fingerprint density at radius 2 is 2.32 bits per heavy atom. The summed E-state index contributed by atoms with van der Waals surface area (Å²) in [6, 6.07) is 5.57. The molecule has 1 aromatic carbocycles. The minimum absolute atomic E-state index is 0.150. The van der Waals surface area contributed by atoms with Crippen LogP contribution >= 0.6 is 34.2 Å². The second kappa shape index (κ2) is 5.74. The fraction of sp³-hybridized carbons (Fsp3) is 0.333. The zero-order chi connectivity index (χ0) is 13.2. The fourth-order valence-corrected chi connectivity index (χ4v) is 2.61. The van der Waals surface area contributed by atoms with Gasteiger partial charge in [-0.25, -0.2) is 0 Å². The zero-order valence-electron chi connectivity index (χ0n) is 9.90. The van der Waals surface area contributed by atoms with Crippen LogP contribution < -0.4 is 5.32 Å². The van der Waals surface area contributed by atoms with Crippen molar-refractivity contribution in [1.82, 2.24) is 15.5 Å². The summed E-state index contributed by atoms with van der Waals surface area (Å²) >= 11 is 8.21. The number of nitrogens with one attached hydrogen (secondary N) is 1. The molecule has 100 valence electrons. The number of hydrogen-bond donors (Lipinski definition) is 1. The Labute approximate surface area is 128 Å². The Kier molecular flexibility index (Phi) is 4.01. The van der Waals surface area contributed by atoms with Crippen molar-refractivity contribution >= 4 is 34.2 Å². The van der Waals surface area contributed by atoms with Crippen LogP contribution in [-0.4, -0.2) is 29.8 Å². The number of halogens is 2. The SMILES string of the molecule is Clc1ccc(I)c(-c2nc(C3CNCCO3)no2)c1. The van der Waals surface area contributed by atoms with Crippen LogP contribution in [0.4, 0.5) is 0 Å². The van der Waals surface area contributed by atoms with E-state index in [-0.39, 0.29) is 6.10 Å². The highest BCUT2D eigenvalue weighted by Crippen LogP contribution is 2.28. The molecule has 0 bridgehead atoms. The molecule has 1 aliphatic rings. The van der Waals surface area contributed by atoms with Crippen molar-refractivity contribution in [2.24, 2.45) is 0 Å². The molecule has 1 unspecified atom stereocenters. The number of rotatable bonds is 2. The van der Waals surface area contributed by atoms with Gasteiger partial charge < -0.3 is 14.6 Å². The van der Waals surface area contributed by atoms with Crippen LogP contribution in [0.15, 0.2) is 22.7 Å². The molecular formula is C12H11ClIN3O2. The standard InChI is InChI=1S/C12H11ClIN3O2/c13-7-1-2-9(14)8(5-7)12-16-11(17-19-12)10-6-15-3-4-18-10/h1-2,5,10,15H,3-4,6H2. The summed E-state index contributed by atoms with van der Waals surface area (Å²) in [6.45, 7) is 2.21. The lowest BCUT2D eigenvalue weighted by molar-refractivity contribution is 0.0208. The smallest absolute Gasteiger partial charge is 0.259 e. The third kappa shape index (κ3) is 2.91. The van der Waals surface area contributed by atoms with Gasteiger partial charge in [0.05, 0.1) is 12.2 Å². The number of ether oxygens (including phenoxy) is 1. The maximum absolute atomic E-state index is 5.99. The van der Waals surface area contributed by atoms with E-state index in [1.165, 1.54) is 0 Å². The zero-order valence-corrected chi connectivity index (χ0v) is 12.8. The third-order valence-corrected chi connectivity index (χ3v) is 3.99. The average molecular weight is 392 g/mol. The highest BCUT2D eigenvalue weighted by atomic mass is 127. The first kappa shape index (κ1) is 13.3. The molecule has 0 saturated carbocycles. The highest BCUT2D eigenvalue weighted by molar-refractivity contribution is 14.1. The van der Waals surface area contributed by atoms with Crippen LogP contribution in [0.3, 0.4) is 0 Å². The van der Waals surface area contributed by atoms with Crippen molar-refractivity contribution in [3.8, 4) is 11.5 Å². The quantitative estimate of drug-likeness (QED) is 0.798. The topological polar surface area (TPSA) is 60.2 Å². The van der Waals surface area contributed by atoms with Gasteiger partial charge in [-0.1, -0.05) is 16.8 Å². The van der Waals surface area contributed by atoms with Gasteiger partial charge in [-0.2, -0.15) is 4.98 Å². The van der Waals surface area contributed by atoms with E-state index < -0.39 is 0 Å².